The van der Waals surface area contributed by atoms with Gasteiger partial charge in [0.25, 0.3) is 0 Å². The van der Waals surface area contributed by atoms with E-state index in [1.54, 1.807) is 6.07 Å². The van der Waals surface area contributed by atoms with Gasteiger partial charge in [0.1, 0.15) is 5.75 Å². The van der Waals surface area contributed by atoms with Gasteiger partial charge in [-0.1, -0.05) is 0 Å². The maximum absolute atomic E-state index is 12.3. The van der Waals surface area contributed by atoms with E-state index in [-0.39, 0.29) is 18.8 Å². The Labute approximate surface area is 109 Å². The van der Waals surface area contributed by atoms with Crippen molar-refractivity contribution in [1.82, 2.24) is 4.90 Å². The summed E-state index contributed by atoms with van der Waals surface area (Å²) in [7, 11) is 0. The topological polar surface area (TPSA) is 40.5 Å². The summed E-state index contributed by atoms with van der Waals surface area (Å²) in [5, 5.41) is 9.49. The quantitative estimate of drug-likeness (QED) is 0.797. The van der Waals surface area contributed by atoms with Gasteiger partial charge in [-0.3, -0.25) is 4.79 Å². The second-order valence-electron chi connectivity index (χ2n) is 4.05. The number of phenols is 1. The molecule has 1 heterocycles. The van der Waals surface area contributed by atoms with Gasteiger partial charge in [-0.15, -0.1) is 0 Å². The summed E-state index contributed by atoms with van der Waals surface area (Å²) < 4.78 is 37.4. The summed E-state index contributed by atoms with van der Waals surface area (Å²) >= 11 is 3.14. The van der Waals surface area contributed by atoms with Crippen LogP contribution in [0, 0.1) is 0 Å². The van der Waals surface area contributed by atoms with Gasteiger partial charge in [-0.25, -0.2) is 0 Å². The molecule has 0 spiro atoms. The van der Waals surface area contributed by atoms with E-state index in [0.717, 1.165) is 10.5 Å². The molecule has 98 valence electrons. The van der Waals surface area contributed by atoms with Gasteiger partial charge in [-0.05, 0) is 45.6 Å². The Kier molecular flexibility index (Phi) is 3.27. The highest BCUT2D eigenvalue weighted by molar-refractivity contribution is 9.10. The number of rotatable bonds is 0. The van der Waals surface area contributed by atoms with Gasteiger partial charge < -0.3 is 10.0 Å². The van der Waals surface area contributed by atoms with Crippen molar-refractivity contribution in [2.24, 2.45) is 0 Å². The van der Waals surface area contributed by atoms with Crippen molar-refractivity contribution in [3.05, 3.63) is 27.7 Å². The second-order valence-corrected chi connectivity index (χ2v) is 4.90. The summed E-state index contributed by atoms with van der Waals surface area (Å²) in [5.74, 6) is -1.88. The van der Waals surface area contributed by atoms with E-state index < -0.39 is 12.1 Å². The largest absolute Gasteiger partial charge is 0.507 e. The highest BCUT2D eigenvalue weighted by atomic mass is 79.9. The van der Waals surface area contributed by atoms with E-state index in [4.69, 9.17) is 0 Å². The van der Waals surface area contributed by atoms with Crippen LogP contribution in [0.25, 0.3) is 0 Å². The first-order valence-corrected chi connectivity index (χ1v) is 5.94. The Morgan fingerprint density at radius 1 is 1.33 bits per heavy atom. The van der Waals surface area contributed by atoms with Crippen LogP contribution >= 0.6 is 15.9 Å². The molecule has 3 nitrogen and oxygen atoms in total. The van der Waals surface area contributed by atoms with Crippen molar-refractivity contribution >= 4 is 21.8 Å². The fourth-order valence-electron chi connectivity index (χ4n) is 1.92. The van der Waals surface area contributed by atoms with Crippen LogP contribution in [0.3, 0.4) is 0 Å². The van der Waals surface area contributed by atoms with E-state index in [1.807, 2.05) is 0 Å². The van der Waals surface area contributed by atoms with Crippen LogP contribution in [0.15, 0.2) is 16.6 Å². The molecule has 0 saturated carbocycles. The minimum Gasteiger partial charge on any atom is -0.507 e. The SMILES string of the molecule is O=C(N1CCc2cc(Br)c(O)cc2C1)C(F)(F)F. The van der Waals surface area contributed by atoms with Crippen molar-refractivity contribution in [3.8, 4) is 5.75 Å². The van der Waals surface area contributed by atoms with E-state index in [2.05, 4.69) is 15.9 Å². The molecule has 0 fully saturated rings. The monoisotopic (exact) mass is 323 g/mol. The highest BCUT2D eigenvalue weighted by Crippen LogP contribution is 2.31. The van der Waals surface area contributed by atoms with Crippen LogP contribution in [-0.4, -0.2) is 28.6 Å². The highest BCUT2D eigenvalue weighted by Gasteiger charge is 2.43. The van der Waals surface area contributed by atoms with Crippen molar-refractivity contribution in [1.29, 1.82) is 0 Å². The summed E-state index contributed by atoms with van der Waals surface area (Å²) in [4.78, 5) is 11.9. The third kappa shape index (κ3) is 2.45. The lowest BCUT2D eigenvalue weighted by molar-refractivity contribution is -0.186. The molecule has 7 heteroatoms. The molecule has 1 amide bonds. The number of halogens is 4. The third-order valence-electron chi connectivity index (χ3n) is 2.81. The number of carbonyl (C=O) groups excluding carboxylic acids is 1. The van der Waals surface area contributed by atoms with Crippen LogP contribution in [0.4, 0.5) is 13.2 Å². The average Bonchev–Trinajstić information content (AvgIpc) is 2.28. The smallest absolute Gasteiger partial charge is 0.471 e. The van der Waals surface area contributed by atoms with E-state index in [9.17, 15) is 23.1 Å². The predicted octanol–water partition coefficient (Wildman–Crippen LogP) is 2.60. The lowest BCUT2D eigenvalue weighted by atomic mass is 9.99. The first-order valence-electron chi connectivity index (χ1n) is 5.15. The molecule has 0 unspecified atom stereocenters. The van der Waals surface area contributed by atoms with Crippen molar-refractivity contribution < 1.29 is 23.1 Å². The van der Waals surface area contributed by atoms with Crippen LogP contribution in [0.5, 0.6) is 5.75 Å². The molecule has 0 saturated heterocycles. The number of fused-ring (bicyclic) bond motifs is 1. The van der Waals surface area contributed by atoms with Gasteiger partial charge in [0.15, 0.2) is 0 Å². The van der Waals surface area contributed by atoms with Crippen LogP contribution in [0.1, 0.15) is 11.1 Å². The molecule has 0 radical (unpaired) electrons. The van der Waals surface area contributed by atoms with Gasteiger partial charge in [0.2, 0.25) is 0 Å². The fraction of sp³-hybridized carbons (Fsp3) is 0.364. The number of hydrogen-bond acceptors (Lipinski definition) is 2. The maximum Gasteiger partial charge on any atom is 0.471 e. The van der Waals surface area contributed by atoms with Gasteiger partial charge in [0.05, 0.1) is 4.47 Å². The summed E-state index contributed by atoms with van der Waals surface area (Å²) in [6.07, 6.45) is -4.51. The molecule has 1 aromatic carbocycles. The van der Waals surface area contributed by atoms with Crippen molar-refractivity contribution in [2.75, 3.05) is 6.54 Å². The molecular weight excluding hydrogens is 315 g/mol. The summed E-state index contributed by atoms with van der Waals surface area (Å²) in [5.41, 5.74) is 1.38. The molecule has 18 heavy (non-hydrogen) atoms. The molecule has 1 aliphatic rings. The van der Waals surface area contributed by atoms with E-state index >= 15 is 0 Å². The molecule has 0 atom stereocenters. The number of nitrogens with zero attached hydrogens (tertiary/aromatic N) is 1. The zero-order valence-electron chi connectivity index (χ0n) is 9.09. The molecule has 1 aliphatic heterocycles. The number of phenolic OH excluding ortho intramolecular Hbond substituents is 1. The normalized spacial score (nSPS) is 15.4. The third-order valence-corrected chi connectivity index (χ3v) is 3.45. The molecule has 1 N–H and O–H groups in total. The van der Waals surface area contributed by atoms with Crippen molar-refractivity contribution in [3.63, 3.8) is 0 Å². The van der Waals surface area contributed by atoms with Crippen LogP contribution in [0.2, 0.25) is 0 Å². The lowest BCUT2D eigenvalue weighted by Crippen LogP contribution is -2.43. The minimum absolute atomic E-state index is 0.0303. The molecule has 1 aromatic rings. The van der Waals surface area contributed by atoms with E-state index in [1.165, 1.54) is 6.07 Å². The van der Waals surface area contributed by atoms with Crippen LogP contribution in [-0.2, 0) is 17.8 Å². The fourth-order valence-corrected chi connectivity index (χ4v) is 2.31. The summed E-state index contributed by atoms with van der Waals surface area (Å²) in [6.45, 7) is -0.100. The number of hydrogen-bond donors (Lipinski definition) is 1. The average molecular weight is 324 g/mol. The maximum atomic E-state index is 12.3. The van der Waals surface area contributed by atoms with Gasteiger partial charge in [-0.2, -0.15) is 13.2 Å². The Morgan fingerprint density at radius 3 is 2.61 bits per heavy atom. The molecule has 0 aromatic heterocycles. The first-order chi connectivity index (χ1) is 8.29. The zero-order chi connectivity index (χ0) is 13.5. The number of benzene rings is 1. The number of carbonyl (C=O) groups is 1. The number of amides is 1. The zero-order valence-corrected chi connectivity index (χ0v) is 10.7. The predicted molar refractivity (Wildman–Crippen MR) is 61.0 cm³/mol. The summed E-state index contributed by atoms with van der Waals surface area (Å²) in [6, 6.07) is 3.05. The van der Waals surface area contributed by atoms with Gasteiger partial charge >= 0.3 is 12.1 Å². The molecule has 0 bridgehead atoms. The Hall–Kier alpha value is -1.24. The van der Waals surface area contributed by atoms with E-state index in [0.29, 0.717) is 16.5 Å². The lowest BCUT2D eigenvalue weighted by Gasteiger charge is -2.29. The Bertz CT molecular complexity index is 502. The van der Waals surface area contributed by atoms with Gasteiger partial charge in [0, 0.05) is 13.1 Å². The van der Waals surface area contributed by atoms with Crippen molar-refractivity contribution in [2.45, 2.75) is 19.1 Å². The Balaban J connectivity index is 2.25. The molecular formula is C11H9BrF3NO2. The standard InChI is InChI=1S/C11H9BrF3NO2/c12-8-3-6-1-2-16(10(18)11(13,14)15)5-7(6)4-9(8)17/h3-4,17H,1-2,5H2. The number of alkyl halides is 3. The molecule has 2 rings (SSSR count). The number of aromatic hydroxyl groups is 1. The molecule has 0 aliphatic carbocycles. The second kappa shape index (κ2) is 4.46. The minimum atomic E-state index is -4.85. The Morgan fingerprint density at radius 2 is 2.00 bits per heavy atom. The first kappa shape index (κ1) is 13.2. The van der Waals surface area contributed by atoms with Crippen LogP contribution < -0.4 is 0 Å².